The summed E-state index contributed by atoms with van der Waals surface area (Å²) in [5.41, 5.74) is 6.41. The van der Waals surface area contributed by atoms with E-state index in [0.717, 1.165) is 27.8 Å². The number of benzene rings is 4. The van der Waals surface area contributed by atoms with Crippen LogP contribution in [0.2, 0.25) is 20.1 Å². The SMILES string of the molecule is Cc1cc(S(=O)(=O)NCCOCCOCCNC(=O)NCCCCNC(=O)NCCOCCOCCNS(=O)(=O)c2ccc(C)c(O[C@H]3c4cc(Cl)cc(Cl)c4C[C@@H]3N(C)C)c2C)cc(C)c1O[C@H]1c2cc(Cl)cc(Cl)c2C[C@@H]1N(C)C. The summed E-state index contributed by atoms with van der Waals surface area (Å²) in [6.07, 6.45) is 1.89. The Morgan fingerprint density at radius 1 is 0.512 bits per heavy atom. The molecule has 4 amide bonds. The first-order chi connectivity index (χ1) is 39.0. The Bertz CT molecular complexity index is 3030. The fraction of sp³-hybridized carbons (Fsp3) is 0.536. The van der Waals surface area contributed by atoms with Crippen molar-refractivity contribution in [3.63, 3.8) is 0 Å². The fourth-order valence-electron chi connectivity index (χ4n) is 9.76. The zero-order valence-electron chi connectivity index (χ0n) is 47.8. The predicted molar refractivity (Wildman–Crippen MR) is 320 cm³/mol. The van der Waals surface area contributed by atoms with Crippen LogP contribution in [0.5, 0.6) is 11.5 Å². The van der Waals surface area contributed by atoms with Gasteiger partial charge in [-0.25, -0.2) is 35.9 Å². The summed E-state index contributed by atoms with van der Waals surface area (Å²) in [6.45, 7) is 10.5. The minimum absolute atomic E-state index is 0.00691. The van der Waals surface area contributed by atoms with E-state index in [1.165, 1.54) is 0 Å². The molecule has 82 heavy (non-hydrogen) atoms. The number of carbonyl (C=O) groups is 2. The molecule has 454 valence electrons. The molecule has 0 aliphatic heterocycles. The van der Waals surface area contributed by atoms with E-state index in [1.807, 2.05) is 61.1 Å². The van der Waals surface area contributed by atoms with Crippen LogP contribution in [0, 0.1) is 27.7 Å². The third kappa shape index (κ3) is 18.9. The topological polar surface area (TPSA) is 236 Å². The van der Waals surface area contributed by atoms with E-state index >= 15 is 0 Å². The van der Waals surface area contributed by atoms with Gasteiger partial charge in [-0.1, -0.05) is 52.5 Å². The largest absolute Gasteiger partial charge is 0.484 e. The number of fused-ring (bicyclic) bond motifs is 2. The van der Waals surface area contributed by atoms with E-state index in [4.69, 9.17) is 74.8 Å². The number of carbonyl (C=O) groups excluding carboxylic acids is 2. The maximum Gasteiger partial charge on any atom is 0.314 e. The third-order valence-electron chi connectivity index (χ3n) is 14.0. The van der Waals surface area contributed by atoms with Crippen LogP contribution in [0.15, 0.2) is 58.3 Å². The first-order valence-corrected chi connectivity index (χ1v) is 31.6. The van der Waals surface area contributed by atoms with Gasteiger partial charge in [-0.05, 0) is 152 Å². The number of rotatable bonds is 33. The normalized spacial score (nSPS) is 16.8. The number of sulfonamides is 2. The number of amides is 4. The lowest BCUT2D eigenvalue weighted by Crippen LogP contribution is -2.39. The molecule has 0 aromatic heterocycles. The Labute approximate surface area is 503 Å². The number of hydrogen-bond acceptors (Lipinski definition) is 14. The number of likely N-dealkylation sites (N-methyl/N-ethyl adjacent to an activating group) is 2. The van der Waals surface area contributed by atoms with Crippen molar-refractivity contribution in [2.75, 3.05) is 120 Å². The molecule has 26 heteroatoms. The molecule has 2 aliphatic rings. The zero-order chi connectivity index (χ0) is 59.7. The lowest BCUT2D eigenvalue weighted by molar-refractivity contribution is 0.0516. The Morgan fingerprint density at radius 3 is 1.35 bits per heavy atom. The molecule has 4 aromatic carbocycles. The molecule has 0 bridgehead atoms. The van der Waals surface area contributed by atoms with Crippen LogP contribution in [0.25, 0.3) is 0 Å². The molecule has 0 unspecified atom stereocenters. The Hall–Kier alpha value is -4.24. The van der Waals surface area contributed by atoms with E-state index in [-0.39, 0.29) is 119 Å². The molecule has 20 nitrogen and oxygen atoms in total. The van der Waals surface area contributed by atoms with Crippen LogP contribution in [0.1, 0.15) is 69.6 Å². The first kappa shape index (κ1) is 66.9. The number of unbranched alkanes of at least 4 members (excludes halogenated alkanes) is 1. The van der Waals surface area contributed by atoms with Gasteiger partial charge in [-0.2, -0.15) is 0 Å². The molecule has 2 aliphatic carbocycles. The highest BCUT2D eigenvalue weighted by Crippen LogP contribution is 2.45. The summed E-state index contributed by atoms with van der Waals surface area (Å²) in [7, 11) is 0.166. The van der Waals surface area contributed by atoms with Gasteiger partial charge in [0.05, 0.1) is 74.7 Å². The number of urea groups is 2. The van der Waals surface area contributed by atoms with Crippen molar-refractivity contribution in [3.8, 4) is 11.5 Å². The second-order valence-electron chi connectivity index (χ2n) is 20.5. The molecule has 6 N–H and O–H groups in total. The fourth-order valence-corrected chi connectivity index (χ4v) is 13.4. The second kappa shape index (κ2) is 31.8. The van der Waals surface area contributed by atoms with Gasteiger partial charge in [-0.15, -0.1) is 0 Å². The summed E-state index contributed by atoms with van der Waals surface area (Å²) in [4.78, 5) is 28.7. The van der Waals surface area contributed by atoms with Crippen molar-refractivity contribution >= 4 is 78.5 Å². The number of nitrogens with one attached hydrogen (secondary N) is 6. The molecule has 0 fully saturated rings. The number of hydrogen-bond donors (Lipinski definition) is 6. The van der Waals surface area contributed by atoms with Crippen LogP contribution in [-0.4, -0.2) is 171 Å². The van der Waals surface area contributed by atoms with Crippen LogP contribution in [0.3, 0.4) is 0 Å². The highest BCUT2D eigenvalue weighted by Gasteiger charge is 2.40. The molecule has 0 heterocycles. The van der Waals surface area contributed by atoms with Gasteiger partial charge in [0.1, 0.15) is 23.7 Å². The molecular weight excluding hydrogens is 1180 g/mol. The number of nitrogens with zero attached hydrogens (tertiary/aromatic N) is 2. The van der Waals surface area contributed by atoms with Gasteiger partial charge in [0.2, 0.25) is 20.0 Å². The van der Waals surface area contributed by atoms with Crippen molar-refractivity contribution in [2.45, 2.75) is 87.5 Å². The number of halogens is 4. The summed E-state index contributed by atoms with van der Waals surface area (Å²) in [6, 6.07) is 13.0. The van der Waals surface area contributed by atoms with Crippen molar-refractivity contribution in [3.05, 3.63) is 113 Å². The molecule has 0 spiro atoms. The molecule has 4 aromatic rings. The molecule has 6 rings (SSSR count). The number of aryl methyl sites for hydroxylation is 3. The molecule has 0 saturated carbocycles. The van der Waals surface area contributed by atoms with Crippen molar-refractivity contribution in [1.82, 2.24) is 40.5 Å². The summed E-state index contributed by atoms with van der Waals surface area (Å²) >= 11 is 25.9. The van der Waals surface area contributed by atoms with E-state index in [9.17, 15) is 26.4 Å². The van der Waals surface area contributed by atoms with Crippen molar-refractivity contribution < 1.29 is 54.8 Å². The smallest absolute Gasteiger partial charge is 0.314 e. The van der Waals surface area contributed by atoms with Gasteiger partial charge in [0.15, 0.2) is 0 Å². The Balaban J connectivity index is 0.728. The highest BCUT2D eigenvalue weighted by molar-refractivity contribution is 7.89. The molecular formula is C56H78Cl4N8O12S2. The van der Waals surface area contributed by atoms with Crippen LogP contribution >= 0.6 is 46.4 Å². The monoisotopic (exact) mass is 1260 g/mol. The highest BCUT2D eigenvalue weighted by atomic mass is 35.5. The van der Waals surface area contributed by atoms with Crippen molar-refractivity contribution in [2.24, 2.45) is 0 Å². The minimum Gasteiger partial charge on any atom is -0.484 e. The Kier molecular flexibility index (Phi) is 25.9. The van der Waals surface area contributed by atoms with E-state index in [2.05, 4.69) is 40.5 Å². The molecule has 0 saturated heterocycles. The van der Waals surface area contributed by atoms with E-state index < -0.39 is 26.2 Å². The zero-order valence-corrected chi connectivity index (χ0v) is 52.4. The second-order valence-corrected chi connectivity index (χ2v) is 25.7. The maximum atomic E-state index is 13.4. The molecule has 4 atom stereocenters. The first-order valence-electron chi connectivity index (χ1n) is 27.2. The summed E-state index contributed by atoms with van der Waals surface area (Å²) in [5.74, 6) is 1.09. The minimum atomic E-state index is -3.90. The van der Waals surface area contributed by atoms with Crippen LogP contribution < -0.4 is 40.2 Å². The van der Waals surface area contributed by atoms with Gasteiger partial charge in [0, 0.05) is 76.0 Å². The van der Waals surface area contributed by atoms with Gasteiger partial charge < -0.3 is 59.5 Å². The Morgan fingerprint density at radius 2 is 0.915 bits per heavy atom. The average molecular weight is 1260 g/mol. The lowest BCUT2D eigenvalue weighted by Gasteiger charge is -2.29. The summed E-state index contributed by atoms with van der Waals surface area (Å²) < 4.78 is 93.9. The van der Waals surface area contributed by atoms with E-state index in [1.54, 1.807) is 43.3 Å². The van der Waals surface area contributed by atoms with E-state index in [0.29, 0.717) is 87.1 Å². The van der Waals surface area contributed by atoms with Gasteiger partial charge in [0.25, 0.3) is 0 Å². The third-order valence-corrected chi connectivity index (χ3v) is 18.1. The van der Waals surface area contributed by atoms with Gasteiger partial charge >= 0.3 is 12.1 Å². The van der Waals surface area contributed by atoms with Gasteiger partial charge in [-0.3, -0.25) is 0 Å². The standard InChI is InChI=1S/C56H78Cl4N8O12S2/c1-35-11-12-50(38(4)52(35)80-54-45-30-40(58)32-47(60)43(45)34-49(54)68(7)8)82(73,74)66-18-22-78-26-24-76-20-16-64-56(70)62-14-10-9-13-61-55(69)63-15-19-75-23-25-77-21-17-65-81(71,72)41-27-36(2)51(37(3)28-41)79-53-44-29-39(57)31-46(59)42(44)33-48(53)67(5)6/h11-12,27-32,48-49,53-54,65-66H,9-10,13-26,33-34H2,1-8H3,(H2,61,63,69)(H2,62,64,70)/t48-,49-,53-,54-/m0/s1. The number of ether oxygens (including phenoxy) is 6. The lowest BCUT2D eigenvalue weighted by atomic mass is 10.1. The quantitative estimate of drug-likeness (QED) is 0.0254. The van der Waals surface area contributed by atoms with Crippen molar-refractivity contribution in [1.29, 1.82) is 0 Å². The predicted octanol–water partition coefficient (Wildman–Crippen LogP) is 7.45. The summed E-state index contributed by atoms with van der Waals surface area (Å²) in [5, 5.41) is 13.2. The van der Waals surface area contributed by atoms with Crippen LogP contribution in [-0.2, 0) is 51.8 Å². The van der Waals surface area contributed by atoms with Crippen LogP contribution in [0.4, 0.5) is 9.59 Å². The average Bonchev–Trinajstić information content (AvgIpc) is 4.17. The molecule has 0 radical (unpaired) electrons. The maximum absolute atomic E-state index is 13.4.